The van der Waals surface area contributed by atoms with Gasteiger partial charge in [-0.15, -0.1) is 0 Å². The Kier molecular flexibility index (Phi) is 5.24. The van der Waals surface area contributed by atoms with Crippen LogP contribution in [-0.2, 0) is 11.8 Å². The highest BCUT2D eigenvalue weighted by atomic mass is 19.1. The number of aromatic nitrogens is 3. The number of nitrogens with one attached hydrogen (secondary N) is 3. The topological polar surface area (TPSA) is 110 Å². The van der Waals surface area contributed by atoms with Crippen LogP contribution in [0.15, 0.2) is 18.5 Å². The minimum Gasteiger partial charge on any atom is -0.478 e. The molecule has 3 amide bonds. The summed E-state index contributed by atoms with van der Waals surface area (Å²) < 4.78 is 20.8. The van der Waals surface area contributed by atoms with E-state index in [2.05, 4.69) is 26.0 Å². The van der Waals surface area contributed by atoms with Crippen LogP contribution >= 0.6 is 0 Å². The molecule has 144 valence electrons. The van der Waals surface area contributed by atoms with E-state index in [9.17, 15) is 14.0 Å². The molecule has 0 spiro atoms. The number of carbonyl (C=O) groups excluding carboxylic acids is 2. The highest BCUT2D eigenvalue weighted by Crippen LogP contribution is 2.33. The second-order valence-electron chi connectivity index (χ2n) is 6.69. The molecule has 1 aliphatic heterocycles. The highest BCUT2D eigenvalue weighted by molar-refractivity contribution is 5.97. The van der Waals surface area contributed by atoms with E-state index in [4.69, 9.17) is 4.74 Å². The van der Waals surface area contributed by atoms with Gasteiger partial charge in [-0.05, 0) is 18.4 Å². The van der Waals surface area contributed by atoms with E-state index < -0.39 is 11.8 Å². The zero-order chi connectivity index (χ0) is 19.6. The van der Waals surface area contributed by atoms with Crippen LogP contribution in [-0.4, -0.2) is 33.3 Å². The number of amides is 3. The lowest BCUT2D eigenvalue weighted by atomic mass is 10.0. The summed E-state index contributed by atoms with van der Waals surface area (Å²) in [6.45, 7) is 3.82. The monoisotopic (exact) mass is 376 g/mol. The zero-order valence-electron chi connectivity index (χ0n) is 15.2. The van der Waals surface area contributed by atoms with E-state index >= 15 is 0 Å². The predicted molar refractivity (Wildman–Crippen MR) is 95.9 cm³/mol. The van der Waals surface area contributed by atoms with E-state index in [0.717, 1.165) is 6.07 Å². The summed E-state index contributed by atoms with van der Waals surface area (Å²) in [4.78, 5) is 28.0. The molecule has 1 unspecified atom stereocenters. The molecule has 1 aromatic carbocycles. The fraction of sp³-hybridized carbons (Fsp3) is 0.412. The maximum atomic E-state index is 14.2. The van der Waals surface area contributed by atoms with Crippen LogP contribution in [0.5, 0.6) is 5.75 Å². The molecule has 27 heavy (non-hydrogen) atoms. The van der Waals surface area contributed by atoms with Crippen LogP contribution in [0.3, 0.4) is 0 Å². The Hall–Kier alpha value is -3.17. The minimum atomic E-state index is -0.671. The van der Waals surface area contributed by atoms with Gasteiger partial charge in [0.25, 0.3) is 5.91 Å². The lowest BCUT2D eigenvalue weighted by Gasteiger charge is -2.21. The van der Waals surface area contributed by atoms with Gasteiger partial charge in [-0.1, -0.05) is 13.8 Å². The number of aryl methyl sites for hydroxylation is 1. The number of urea groups is 1. The third-order valence-corrected chi connectivity index (χ3v) is 3.99. The molecule has 0 aliphatic carbocycles. The van der Waals surface area contributed by atoms with Crippen LogP contribution in [0, 0.1) is 11.7 Å². The SMILES string of the molecule is CC(C)CC(NC(=O)Nc1cc(F)c2c(c1)NC(=O)CO2)c1ncnn1C. The summed E-state index contributed by atoms with van der Waals surface area (Å²) >= 11 is 0. The average molecular weight is 376 g/mol. The van der Waals surface area contributed by atoms with Crippen LogP contribution in [0.1, 0.15) is 32.1 Å². The molecule has 2 heterocycles. The summed E-state index contributed by atoms with van der Waals surface area (Å²) in [7, 11) is 1.75. The summed E-state index contributed by atoms with van der Waals surface area (Å²) in [6, 6.07) is 1.69. The maximum Gasteiger partial charge on any atom is 0.319 e. The first-order valence-electron chi connectivity index (χ1n) is 8.51. The number of rotatable bonds is 5. The number of fused-ring (bicyclic) bond motifs is 1. The Labute approximate surface area is 155 Å². The van der Waals surface area contributed by atoms with Crippen molar-refractivity contribution < 1.29 is 18.7 Å². The smallest absolute Gasteiger partial charge is 0.319 e. The number of halogens is 1. The quantitative estimate of drug-likeness (QED) is 0.741. The number of anilines is 2. The van der Waals surface area contributed by atoms with Crippen molar-refractivity contribution in [1.29, 1.82) is 0 Å². The lowest BCUT2D eigenvalue weighted by Crippen LogP contribution is -2.35. The molecule has 3 rings (SSSR count). The summed E-state index contributed by atoms with van der Waals surface area (Å²) in [5.41, 5.74) is 0.365. The Morgan fingerprint density at radius 2 is 2.22 bits per heavy atom. The second kappa shape index (κ2) is 7.60. The molecule has 0 radical (unpaired) electrons. The number of hydrogen-bond donors (Lipinski definition) is 3. The molecule has 0 bridgehead atoms. The number of ether oxygens (including phenoxy) is 1. The van der Waals surface area contributed by atoms with Gasteiger partial charge in [0.2, 0.25) is 0 Å². The summed E-state index contributed by atoms with van der Waals surface area (Å²) in [5.74, 6) is -0.174. The van der Waals surface area contributed by atoms with Crippen molar-refractivity contribution in [3.05, 3.63) is 30.1 Å². The zero-order valence-corrected chi connectivity index (χ0v) is 15.2. The van der Waals surface area contributed by atoms with Crippen molar-refractivity contribution in [2.45, 2.75) is 26.3 Å². The van der Waals surface area contributed by atoms with Gasteiger partial charge in [-0.3, -0.25) is 9.48 Å². The van der Waals surface area contributed by atoms with Crippen molar-refractivity contribution in [2.75, 3.05) is 17.2 Å². The molecular weight excluding hydrogens is 355 g/mol. The van der Waals surface area contributed by atoms with Gasteiger partial charge in [0.15, 0.2) is 18.2 Å². The number of nitrogens with zero attached hydrogens (tertiary/aromatic N) is 3. The molecule has 0 saturated carbocycles. The van der Waals surface area contributed by atoms with E-state index in [1.54, 1.807) is 11.7 Å². The second-order valence-corrected chi connectivity index (χ2v) is 6.69. The van der Waals surface area contributed by atoms with Crippen LogP contribution < -0.4 is 20.7 Å². The van der Waals surface area contributed by atoms with Gasteiger partial charge < -0.3 is 20.7 Å². The third kappa shape index (κ3) is 4.33. The minimum absolute atomic E-state index is 0.0441. The average Bonchev–Trinajstić information content (AvgIpc) is 2.99. The molecule has 0 fully saturated rings. The summed E-state index contributed by atoms with van der Waals surface area (Å²) in [5, 5.41) is 12.0. The molecule has 3 N–H and O–H groups in total. The largest absolute Gasteiger partial charge is 0.478 e. The molecule has 9 nitrogen and oxygen atoms in total. The first-order chi connectivity index (χ1) is 12.8. The summed E-state index contributed by atoms with van der Waals surface area (Å²) in [6.07, 6.45) is 2.08. The number of hydrogen-bond acceptors (Lipinski definition) is 5. The third-order valence-electron chi connectivity index (χ3n) is 3.99. The Bertz CT molecular complexity index is 866. The molecule has 1 aliphatic rings. The number of benzene rings is 1. The first-order valence-corrected chi connectivity index (χ1v) is 8.51. The van der Waals surface area contributed by atoms with Crippen molar-refractivity contribution in [1.82, 2.24) is 20.1 Å². The van der Waals surface area contributed by atoms with Crippen LogP contribution in [0.4, 0.5) is 20.6 Å². The standard InChI is InChI=1S/C17H21FN6O3/c1-9(2)4-13(16-19-8-20-24(16)3)23-17(26)21-10-5-11(18)15-12(6-10)22-14(25)7-27-15/h5-6,8-9,13H,4,7H2,1-3H3,(H,22,25)(H2,21,23,26). The molecule has 0 saturated heterocycles. The Morgan fingerprint density at radius 3 is 2.89 bits per heavy atom. The van der Waals surface area contributed by atoms with E-state index in [0.29, 0.717) is 18.2 Å². The van der Waals surface area contributed by atoms with Crippen molar-refractivity contribution in [2.24, 2.45) is 13.0 Å². The fourth-order valence-electron chi connectivity index (χ4n) is 2.88. The molecule has 1 aromatic heterocycles. The first kappa shape index (κ1) is 18.6. The molecular formula is C17H21FN6O3. The van der Waals surface area contributed by atoms with E-state index in [-0.39, 0.29) is 35.7 Å². The maximum absolute atomic E-state index is 14.2. The highest BCUT2D eigenvalue weighted by Gasteiger charge is 2.23. The van der Waals surface area contributed by atoms with Gasteiger partial charge in [0, 0.05) is 18.8 Å². The molecule has 2 aromatic rings. The van der Waals surface area contributed by atoms with Crippen LogP contribution in [0.25, 0.3) is 0 Å². The van der Waals surface area contributed by atoms with Crippen molar-refractivity contribution >= 4 is 23.3 Å². The molecule has 10 heteroatoms. The Balaban J connectivity index is 1.74. The van der Waals surface area contributed by atoms with Gasteiger partial charge in [0.05, 0.1) is 11.7 Å². The van der Waals surface area contributed by atoms with Crippen molar-refractivity contribution in [3.8, 4) is 5.75 Å². The normalized spacial score (nSPS) is 14.2. The van der Waals surface area contributed by atoms with E-state index in [1.165, 1.54) is 12.4 Å². The predicted octanol–water partition coefficient (Wildman–Crippen LogP) is 2.19. The van der Waals surface area contributed by atoms with E-state index in [1.807, 2.05) is 13.8 Å². The van der Waals surface area contributed by atoms with Crippen molar-refractivity contribution in [3.63, 3.8) is 0 Å². The van der Waals surface area contributed by atoms with Gasteiger partial charge >= 0.3 is 6.03 Å². The number of carbonyl (C=O) groups is 2. The Morgan fingerprint density at radius 1 is 1.44 bits per heavy atom. The van der Waals surface area contributed by atoms with Gasteiger partial charge in [-0.25, -0.2) is 14.2 Å². The lowest BCUT2D eigenvalue weighted by molar-refractivity contribution is -0.118. The molecule has 1 atom stereocenters. The van der Waals surface area contributed by atoms with Gasteiger partial charge in [-0.2, -0.15) is 5.10 Å². The van der Waals surface area contributed by atoms with Gasteiger partial charge in [0.1, 0.15) is 12.2 Å². The fourth-order valence-corrected chi connectivity index (χ4v) is 2.88. The van der Waals surface area contributed by atoms with Crippen LogP contribution in [0.2, 0.25) is 0 Å².